The number of rotatable bonds is 6. The van der Waals surface area contributed by atoms with Crippen LogP contribution < -0.4 is 10.6 Å². The number of benzene rings is 2. The van der Waals surface area contributed by atoms with E-state index in [1.165, 1.54) is 5.56 Å². The molecule has 1 heterocycles. The molecule has 0 radical (unpaired) electrons. The van der Waals surface area contributed by atoms with E-state index in [-0.39, 0.29) is 11.9 Å². The van der Waals surface area contributed by atoms with Crippen molar-refractivity contribution in [3.05, 3.63) is 77.5 Å². The van der Waals surface area contributed by atoms with Crippen LogP contribution in [-0.4, -0.2) is 21.9 Å². The molecule has 0 bridgehead atoms. The Morgan fingerprint density at radius 3 is 2.48 bits per heavy atom. The van der Waals surface area contributed by atoms with E-state index >= 15 is 0 Å². The highest BCUT2D eigenvalue weighted by molar-refractivity contribution is 5.93. The summed E-state index contributed by atoms with van der Waals surface area (Å²) in [6, 6.07) is 19.7. The van der Waals surface area contributed by atoms with Gasteiger partial charge in [-0.3, -0.25) is 4.79 Å². The van der Waals surface area contributed by atoms with Crippen LogP contribution in [0.2, 0.25) is 0 Å². The summed E-state index contributed by atoms with van der Waals surface area (Å²) < 4.78 is 0. The van der Waals surface area contributed by atoms with E-state index in [9.17, 15) is 4.79 Å². The standard InChI is InChI=1S/C22H24N4O/c1-15(2)24-22(27)19-13-20(23-14-17-9-7-8-16(3)12-17)26-21(25-19)18-10-5-4-6-11-18/h4-13,15H,14H2,1-3H3,(H,24,27)(H,23,25,26). The van der Waals surface area contributed by atoms with Gasteiger partial charge in [-0.2, -0.15) is 0 Å². The van der Waals surface area contributed by atoms with Gasteiger partial charge >= 0.3 is 0 Å². The summed E-state index contributed by atoms with van der Waals surface area (Å²) in [5.41, 5.74) is 3.58. The van der Waals surface area contributed by atoms with Crippen molar-refractivity contribution in [1.82, 2.24) is 15.3 Å². The van der Waals surface area contributed by atoms with Crippen molar-refractivity contribution >= 4 is 11.7 Å². The molecule has 0 unspecified atom stereocenters. The number of hydrogen-bond acceptors (Lipinski definition) is 4. The van der Waals surface area contributed by atoms with Crippen LogP contribution in [0.25, 0.3) is 11.4 Å². The molecule has 5 heteroatoms. The molecule has 0 atom stereocenters. The molecular formula is C22H24N4O. The molecule has 27 heavy (non-hydrogen) atoms. The summed E-state index contributed by atoms with van der Waals surface area (Å²) in [4.78, 5) is 21.5. The predicted molar refractivity (Wildman–Crippen MR) is 109 cm³/mol. The SMILES string of the molecule is Cc1cccc(CNc2cc(C(=O)NC(C)C)nc(-c3ccccc3)n2)c1. The van der Waals surface area contributed by atoms with Crippen molar-refractivity contribution in [2.24, 2.45) is 0 Å². The third-order valence-electron chi connectivity index (χ3n) is 3.97. The monoisotopic (exact) mass is 360 g/mol. The number of carbonyl (C=O) groups excluding carboxylic acids is 1. The Bertz CT molecular complexity index is 923. The lowest BCUT2D eigenvalue weighted by Gasteiger charge is -2.12. The Hall–Kier alpha value is -3.21. The first-order chi connectivity index (χ1) is 13.0. The largest absolute Gasteiger partial charge is 0.366 e. The maximum atomic E-state index is 12.5. The highest BCUT2D eigenvalue weighted by Crippen LogP contribution is 2.18. The first-order valence-corrected chi connectivity index (χ1v) is 9.06. The first kappa shape index (κ1) is 18.6. The van der Waals surface area contributed by atoms with Crippen LogP contribution in [0.3, 0.4) is 0 Å². The van der Waals surface area contributed by atoms with Gasteiger partial charge in [-0.1, -0.05) is 60.2 Å². The molecule has 0 saturated carbocycles. The van der Waals surface area contributed by atoms with Gasteiger partial charge in [-0.25, -0.2) is 9.97 Å². The quantitative estimate of drug-likeness (QED) is 0.691. The van der Waals surface area contributed by atoms with Crippen molar-refractivity contribution in [2.75, 3.05) is 5.32 Å². The Morgan fingerprint density at radius 1 is 1.00 bits per heavy atom. The van der Waals surface area contributed by atoms with Gasteiger partial charge in [0.15, 0.2) is 5.82 Å². The van der Waals surface area contributed by atoms with Crippen LogP contribution >= 0.6 is 0 Å². The summed E-state index contributed by atoms with van der Waals surface area (Å²) >= 11 is 0. The van der Waals surface area contributed by atoms with E-state index in [0.717, 1.165) is 11.1 Å². The minimum absolute atomic E-state index is 0.0383. The fraction of sp³-hybridized carbons (Fsp3) is 0.227. The number of anilines is 1. The molecule has 0 aliphatic rings. The van der Waals surface area contributed by atoms with Crippen molar-refractivity contribution in [2.45, 2.75) is 33.4 Å². The van der Waals surface area contributed by atoms with Crippen molar-refractivity contribution in [3.63, 3.8) is 0 Å². The van der Waals surface area contributed by atoms with E-state index in [1.54, 1.807) is 6.07 Å². The number of carbonyl (C=O) groups is 1. The lowest BCUT2D eigenvalue weighted by molar-refractivity contribution is 0.0938. The number of aryl methyl sites for hydroxylation is 1. The molecule has 0 saturated heterocycles. The molecule has 138 valence electrons. The Morgan fingerprint density at radius 2 is 1.78 bits per heavy atom. The molecule has 1 amide bonds. The second-order valence-electron chi connectivity index (χ2n) is 6.80. The fourth-order valence-corrected chi connectivity index (χ4v) is 2.72. The van der Waals surface area contributed by atoms with Crippen LogP contribution in [0.15, 0.2) is 60.7 Å². The molecule has 2 N–H and O–H groups in total. The molecule has 5 nitrogen and oxygen atoms in total. The molecule has 3 aromatic rings. The van der Waals surface area contributed by atoms with Gasteiger partial charge in [0.25, 0.3) is 5.91 Å². The van der Waals surface area contributed by atoms with E-state index < -0.39 is 0 Å². The number of nitrogens with zero attached hydrogens (tertiary/aromatic N) is 2. The molecule has 0 fully saturated rings. The van der Waals surface area contributed by atoms with Gasteiger partial charge < -0.3 is 10.6 Å². The minimum Gasteiger partial charge on any atom is -0.366 e. The zero-order chi connectivity index (χ0) is 19.2. The molecule has 0 aliphatic heterocycles. The Balaban J connectivity index is 1.90. The smallest absolute Gasteiger partial charge is 0.270 e. The minimum atomic E-state index is -0.205. The predicted octanol–water partition coefficient (Wildman–Crippen LogP) is 4.20. The van der Waals surface area contributed by atoms with Crippen molar-refractivity contribution in [1.29, 1.82) is 0 Å². The average molecular weight is 360 g/mol. The van der Waals surface area contributed by atoms with Crippen LogP contribution in [0, 0.1) is 6.92 Å². The molecule has 3 rings (SSSR count). The fourth-order valence-electron chi connectivity index (χ4n) is 2.72. The zero-order valence-electron chi connectivity index (χ0n) is 15.9. The highest BCUT2D eigenvalue weighted by atomic mass is 16.1. The van der Waals surface area contributed by atoms with E-state index in [0.29, 0.717) is 23.9 Å². The molecular weight excluding hydrogens is 336 g/mol. The first-order valence-electron chi connectivity index (χ1n) is 9.06. The van der Waals surface area contributed by atoms with Gasteiger partial charge in [0.2, 0.25) is 0 Å². The third-order valence-corrected chi connectivity index (χ3v) is 3.97. The summed E-state index contributed by atoms with van der Waals surface area (Å²) in [5, 5.41) is 6.21. The average Bonchev–Trinajstić information content (AvgIpc) is 2.66. The van der Waals surface area contributed by atoms with Crippen LogP contribution in [0.5, 0.6) is 0 Å². The summed E-state index contributed by atoms with van der Waals surface area (Å²) in [6.45, 7) is 6.54. The zero-order valence-corrected chi connectivity index (χ0v) is 15.9. The number of amides is 1. The molecule has 1 aromatic heterocycles. The molecule has 2 aromatic carbocycles. The van der Waals surface area contributed by atoms with E-state index in [1.807, 2.05) is 50.2 Å². The normalized spacial score (nSPS) is 10.7. The Labute approximate surface area is 159 Å². The van der Waals surface area contributed by atoms with Gasteiger partial charge in [0.05, 0.1) is 0 Å². The van der Waals surface area contributed by atoms with E-state index in [4.69, 9.17) is 0 Å². The van der Waals surface area contributed by atoms with Gasteiger partial charge in [-0.05, 0) is 26.3 Å². The Kier molecular flexibility index (Phi) is 5.81. The lowest BCUT2D eigenvalue weighted by atomic mass is 10.1. The van der Waals surface area contributed by atoms with Gasteiger partial charge in [-0.15, -0.1) is 0 Å². The second-order valence-corrected chi connectivity index (χ2v) is 6.80. The van der Waals surface area contributed by atoms with E-state index in [2.05, 4.69) is 45.7 Å². The number of hydrogen-bond donors (Lipinski definition) is 2. The summed E-state index contributed by atoms with van der Waals surface area (Å²) in [7, 11) is 0. The van der Waals surface area contributed by atoms with Gasteiger partial charge in [0.1, 0.15) is 11.5 Å². The third kappa shape index (κ3) is 5.14. The van der Waals surface area contributed by atoms with Crippen LogP contribution in [0.4, 0.5) is 5.82 Å². The summed E-state index contributed by atoms with van der Waals surface area (Å²) in [6.07, 6.45) is 0. The van der Waals surface area contributed by atoms with Crippen LogP contribution in [0.1, 0.15) is 35.5 Å². The van der Waals surface area contributed by atoms with Gasteiger partial charge in [0, 0.05) is 24.2 Å². The number of aromatic nitrogens is 2. The molecule has 0 aliphatic carbocycles. The number of nitrogens with one attached hydrogen (secondary N) is 2. The highest BCUT2D eigenvalue weighted by Gasteiger charge is 2.14. The lowest BCUT2D eigenvalue weighted by Crippen LogP contribution is -2.31. The van der Waals surface area contributed by atoms with Crippen molar-refractivity contribution in [3.8, 4) is 11.4 Å². The molecule has 0 spiro atoms. The topological polar surface area (TPSA) is 66.9 Å². The van der Waals surface area contributed by atoms with Crippen LogP contribution in [-0.2, 0) is 6.54 Å². The maximum absolute atomic E-state index is 12.5. The maximum Gasteiger partial charge on any atom is 0.270 e. The summed E-state index contributed by atoms with van der Waals surface area (Å²) in [5.74, 6) is 0.946. The second kappa shape index (κ2) is 8.45. The van der Waals surface area contributed by atoms with Crippen molar-refractivity contribution < 1.29 is 4.79 Å².